The van der Waals surface area contributed by atoms with Gasteiger partial charge in [-0.15, -0.1) is 0 Å². The Morgan fingerprint density at radius 3 is 1.20 bits per heavy atom. The van der Waals surface area contributed by atoms with E-state index in [1.165, 1.54) is 180 Å². The van der Waals surface area contributed by atoms with Crippen LogP contribution in [0.1, 0.15) is 258 Å². The van der Waals surface area contributed by atoms with Crippen molar-refractivity contribution in [1.82, 2.24) is 5.32 Å². The molecule has 1 saturated heterocycles. The molecule has 1 heterocycles. The van der Waals surface area contributed by atoms with E-state index in [-0.39, 0.29) is 18.9 Å². The van der Waals surface area contributed by atoms with Gasteiger partial charge in [-0.25, -0.2) is 0 Å². The van der Waals surface area contributed by atoms with Crippen LogP contribution in [0.15, 0.2) is 60.8 Å². The van der Waals surface area contributed by atoms with E-state index in [1.807, 2.05) is 6.08 Å². The second-order valence-corrected chi connectivity index (χ2v) is 20.1. The van der Waals surface area contributed by atoms with E-state index in [2.05, 4.69) is 67.8 Å². The first kappa shape index (κ1) is 64.9. The van der Waals surface area contributed by atoms with Gasteiger partial charge in [0.2, 0.25) is 5.91 Å². The average Bonchev–Trinajstić information content (AvgIpc) is 3.35. The molecule has 402 valence electrons. The zero-order valence-corrected chi connectivity index (χ0v) is 44.6. The standard InChI is InChI=1S/C60H109NO8/c1-3-5-7-9-11-13-15-17-19-20-21-22-23-24-25-26-27-28-29-30-31-32-33-34-36-37-39-41-43-45-47-49-54(63)53(52-68-60-59(67)58(66)57(65)55(51-62)69-60)61-56(64)50-48-46-44-42-40-38-35-18-16-14-12-10-8-6-4-2/h6,8,12,14,18,35,40,42,46,48,53-55,57-60,62-63,65-67H,3-5,7,9-11,13,15-17,19-34,36-39,41,43-45,47,49-52H2,1-2H3,(H,61,64)/b8-6-,14-12-,35-18-,42-40-,48-46-. The Balaban J connectivity index is 2.17. The lowest BCUT2D eigenvalue weighted by molar-refractivity contribution is -0.302. The first-order chi connectivity index (χ1) is 33.8. The van der Waals surface area contributed by atoms with Gasteiger partial charge < -0.3 is 40.3 Å². The molecule has 0 aromatic carbocycles. The van der Waals surface area contributed by atoms with E-state index < -0.39 is 49.5 Å². The Bertz CT molecular complexity index is 1270. The second-order valence-electron chi connectivity index (χ2n) is 20.1. The van der Waals surface area contributed by atoms with Crippen molar-refractivity contribution in [3.05, 3.63) is 60.8 Å². The summed E-state index contributed by atoms with van der Waals surface area (Å²) in [7, 11) is 0. The molecule has 0 bridgehead atoms. The minimum absolute atomic E-state index is 0.135. The number of carbonyl (C=O) groups is 1. The Morgan fingerprint density at radius 1 is 0.493 bits per heavy atom. The van der Waals surface area contributed by atoms with Crippen LogP contribution in [0.25, 0.3) is 0 Å². The van der Waals surface area contributed by atoms with Gasteiger partial charge in [0.1, 0.15) is 24.4 Å². The molecule has 1 amide bonds. The van der Waals surface area contributed by atoms with Crippen molar-refractivity contribution < 1.29 is 39.8 Å². The highest BCUT2D eigenvalue weighted by Crippen LogP contribution is 2.23. The summed E-state index contributed by atoms with van der Waals surface area (Å²) in [5, 5.41) is 54.5. The van der Waals surface area contributed by atoms with Crippen molar-refractivity contribution in [3.8, 4) is 0 Å². The Hall–Kier alpha value is -2.11. The number of nitrogens with one attached hydrogen (secondary N) is 1. The van der Waals surface area contributed by atoms with E-state index in [1.54, 1.807) is 6.08 Å². The molecule has 0 aromatic rings. The molecule has 69 heavy (non-hydrogen) atoms. The highest BCUT2D eigenvalue weighted by Gasteiger charge is 2.44. The number of hydrogen-bond donors (Lipinski definition) is 6. The predicted molar refractivity (Wildman–Crippen MR) is 290 cm³/mol. The van der Waals surface area contributed by atoms with Crippen LogP contribution in [0.4, 0.5) is 0 Å². The second kappa shape index (κ2) is 49.5. The molecule has 0 radical (unpaired) electrons. The SMILES string of the molecule is CC/C=C\C/C=C\C/C=C\C/C=C\C/C=C\CC(=O)NC(COC1OC(CO)C(O)C(O)C1O)C(O)CCCCCCCCCCCCCCCCCCCCCCCCCCCCCCCCC. The first-order valence-corrected chi connectivity index (χ1v) is 29.0. The number of unbranched alkanes of at least 4 members (excludes halogenated alkanes) is 30. The molecule has 1 aliphatic heterocycles. The predicted octanol–water partition coefficient (Wildman–Crippen LogP) is 14.3. The smallest absolute Gasteiger partial charge is 0.224 e. The van der Waals surface area contributed by atoms with Crippen LogP contribution in [0, 0.1) is 0 Å². The van der Waals surface area contributed by atoms with Crippen molar-refractivity contribution in [2.24, 2.45) is 0 Å². The fourth-order valence-electron chi connectivity index (χ4n) is 9.11. The third-order valence-electron chi connectivity index (χ3n) is 13.7. The molecule has 0 saturated carbocycles. The van der Waals surface area contributed by atoms with Crippen molar-refractivity contribution in [3.63, 3.8) is 0 Å². The number of aliphatic hydroxyl groups is 5. The third kappa shape index (κ3) is 39.1. The molecule has 9 nitrogen and oxygen atoms in total. The molecule has 1 fully saturated rings. The number of carbonyl (C=O) groups excluding carboxylic acids is 1. The van der Waals surface area contributed by atoms with Gasteiger partial charge in [-0.05, 0) is 38.5 Å². The maximum absolute atomic E-state index is 13.0. The van der Waals surface area contributed by atoms with Crippen LogP contribution in [0.5, 0.6) is 0 Å². The van der Waals surface area contributed by atoms with Crippen LogP contribution in [0.2, 0.25) is 0 Å². The van der Waals surface area contributed by atoms with Crippen LogP contribution in [-0.2, 0) is 14.3 Å². The minimum Gasteiger partial charge on any atom is -0.394 e. The van der Waals surface area contributed by atoms with Crippen molar-refractivity contribution >= 4 is 5.91 Å². The highest BCUT2D eigenvalue weighted by molar-refractivity contribution is 5.77. The zero-order chi connectivity index (χ0) is 50.1. The van der Waals surface area contributed by atoms with E-state index in [4.69, 9.17) is 9.47 Å². The lowest BCUT2D eigenvalue weighted by Gasteiger charge is -2.40. The molecule has 1 rings (SSSR count). The summed E-state index contributed by atoms with van der Waals surface area (Å²) in [6.45, 7) is 3.68. The van der Waals surface area contributed by atoms with Crippen molar-refractivity contribution in [2.75, 3.05) is 13.2 Å². The fourth-order valence-corrected chi connectivity index (χ4v) is 9.11. The molecular weight excluding hydrogens is 863 g/mol. The molecule has 6 N–H and O–H groups in total. The zero-order valence-electron chi connectivity index (χ0n) is 44.6. The Labute approximate surface area is 424 Å². The normalized spacial score (nSPS) is 19.9. The molecule has 7 atom stereocenters. The quantitative estimate of drug-likeness (QED) is 0.0261. The third-order valence-corrected chi connectivity index (χ3v) is 13.7. The van der Waals surface area contributed by atoms with Gasteiger partial charge in [0.25, 0.3) is 0 Å². The molecule has 0 aliphatic carbocycles. The largest absolute Gasteiger partial charge is 0.394 e. The van der Waals surface area contributed by atoms with Gasteiger partial charge in [0, 0.05) is 6.42 Å². The number of allylic oxidation sites excluding steroid dienone is 9. The molecule has 1 aliphatic rings. The minimum atomic E-state index is -1.57. The molecule has 9 heteroatoms. The summed E-state index contributed by atoms with van der Waals surface area (Å²) in [6, 6.07) is -0.777. The van der Waals surface area contributed by atoms with E-state index in [0.29, 0.717) is 12.8 Å². The van der Waals surface area contributed by atoms with Crippen LogP contribution < -0.4 is 5.32 Å². The monoisotopic (exact) mass is 972 g/mol. The van der Waals surface area contributed by atoms with Gasteiger partial charge in [-0.3, -0.25) is 4.79 Å². The van der Waals surface area contributed by atoms with Crippen LogP contribution >= 0.6 is 0 Å². The van der Waals surface area contributed by atoms with Gasteiger partial charge in [0.15, 0.2) is 6.29 Å². The number of ether oxygens (including phenoxy) is 2. The fraction of sp³-hybridized carbons (Fsp3) is 0.817. The first-order valence-electron chi connectivity index (χ1n) is 29.0. The van der Waals surface area contributed by atoms with Gasteiger partial charge in [-0.2, -0.15) is 0 Å². The lowest BCUT2D eigenvalue weighted by atomic mass is 9.99. The molecular formula is C60H109NO8. The van der Waals surface area contributed by atoms with Crippen LogP contribution in [-0.4, -0.2) is 87.5 Å². The highest BCUT2D eigenvalue weighted by atomic mass is 16.7. The number of aliphatic hydroxyl groups excluding tert-OH is 5. The molecule has 7 unspecified atom stereocenters. The summed E-state index contributed by atoms with van der Waals surface area (Å²) < 4.78 is 11.3. The van der Waals surface area contributed by atoms with Crippen molar-refractivity contribution in [2.45, 2.75) is 301 Å². The van der Waals surface area contributed by atoms with Gasteiger partial charge in [0.05, 0.1) is 25.4 Å². The number of amides is 1. The molecule has 0 spiro atoms. The summed E-state index contributed by atoms with van der Waals surface area (Å²) >= 11 is 0. The van der Waals surface area contributed by atoms with E-state index in [0.717, 1.165) is 44.9 Å². The number of rotatable bonds is 49. The average molecular weight is 973 g/mol. The Morgan fingerprint density at radius 2 is 0.841 bits per heavy atom. The summed E-state index contributed by atoms with van der Waals surface area (Å²) in [5.74, 6) is -0.270. The van der Waals surface area contributed by atoms with Crippen molar-refractivity contribution in [1.29, 1.82) is 0 Å². The number of hydrogen-bond acceptors (Lipinski definition) is 8. The van der Waals surface area contributed by atoms with Crippen LogP contribution in [0.3, 0.4) is 0 Å². The Kier molecular flexibility index (Phi) is 46.5. The maximum Gasteiger partial charge on any atom is 0.224 e. The van der Waals surface area contributed by atoms with Gasteiger partial charge >= 0.3 is 0 Å². The summed E-state index contributed by atoms with van der Waals surface area (Å²) in [6.07, 6.45) is 60.1. The topological polar surface area (TPSA) is 149 Å². The lowest BCUT2D eigenvalue weighted by Crippen LogP contribution is -2.60. The maximum atomic E-state index is 13.0. The van der Waals surface area contributed by atoms with E-state index in [9.17, 15) is 30.3 Å². The van der Waals surface area contributed by atoms with Gasteiger partial charge in [-0.1, -0.05) is 274 Å². The summed E-state index contributed by atoms with van der Waals surface area (Å²) in [4.78, 5) is 13.0. The molecule has 0 aromatic heterocycles. The van der Waals surface area contributed by atoms with E-state index >= 15 is 0 Å². The summed E-state index contributed by atoms with van der Waals surface area (Å²) in [5.41, 5.74) is 0.